The Labute approximate surface area is 122 Å². The molecular weight excluding hydrogens is 302 g/mol. The van der Waals surface area contributed by atoms with Gasteiger partial charge in [0.25, 0.3) is 0 Å². The summed E-state index contributed by atoms with van der Waals surface area (Å²) in [4.78, 5) is 0. The Kier molecular flexibility index (Phi) is 5.58. The smallest absolute Gasteiger partial charge is 0.0716 e. The molecule has 0 radical (unpaired) electrons. The quantitative estimate of drug-likeness (QED) is 0.872. The minimum absolute atomic E-state index is 0.663. The highest BCUT2D eigenvalue weighted by atomic mass is 79.9. The van der Waals surface area contributed by atoms with E-state index in [2.05, 4.69) is 63.7 Å². The van der Waals surface area contributed by atoms with Gasteiger partial charge in [0, 0.05) is 24.7 Å². The van der Waals surface area contributed by atoms with Gasteiger partial charge in [0.1, 0.15) is 0 Å². The van der Waals surface area contributed by atoms with E-state index in [0.29, 0.717) is 6.61 Å². The molecule has 0 saturated heterocycles. The van der Waals surface area contributed by atoms with Crippen molar-refractivity contribution < 1.29 is 4.74 Å². The van der Waals surface area contributed by atoms with E-state index in [9.17, 15) is 0 Å². The van der Waals surface area contributed by atoms with Crippen molar-refractivity contribution in [3.63, 3.8) is 0 Å². The highest BCUT2D eigenvalue weighted by Gasteiger charge is 2.01. The second-order valence-electron chi connectivity index (χ2n) is 4.43. The number of hydrogen-bond donors (Lipinski definition) is 1. The lowest BCUT2D eigenvalue weighted by Crippen LogP contribution is -2.14. The van der Waals surface area contributed by atoms with E-state index in [1.54, 1.807) is 7.11 Å². The van der Waals surface area contributed by atoms with Gasteiger partial charge < -0.3 is 10.1 Å². The average molecular weight is 320 g/mol. The molecular formula is C16H18BrNO. The van der Waals surface area contributed by atoms with Gasteiger partial charge >= 0.3 is 0 Å². The maximum absolute atomic E-state index is 5.21. The Bertz CT molecular complexity index is 510. The number of methoxy groups -OCH3 is 1. The van der Waals surface area contributed by atoms with E-state index in [4.69, 9.17) is 4.74 Å². The number of halogens is 1. The first kappa shape index (κ1) is 14.3. The fourth-order valence-corrected chi connectivity index (χ4v) is 2.23. The van der Waals surface area contributed by atoms with Crippen LogP contribution in [0, 0.1) is 0 Å². The van der Waals surface area contributed by atoms with Crippen LogP contribution < -0.4 is 5.32 Å². The zero-order chi connectivity index (χ0) is 13.5. The van der Waals surface area contributed by atoms with Crippen molar-refractivity contribution in [1.29, 1.82) is 0 Å². The molecule has 0 amide bonds. The van der Waals surface area contributed by atoms with Crippen molar-refractivity contribution in [2.45, 2.75) is 19.7 Å². The van der Waals surface area contributed by atoms with E-state index in [1.165, 1.54) is 16.7 Å². The van der Waals surface area contributed by atoms with E-state index >= 15 is 0 Å². The van der Waals surface area contributed by atoms with Crippen molar-refractivity contribution in [2.75, 3.05) is 7.11 Å². The SMILES string of the molecule is COCc1ccccc1CNCc1ccc(Br)cc1. The summed E-state index contributed by atoms with van der Waals surface area (Å²) in [5.74, 6) is 0. The molecule has 2 rings (SSSR count). The van der Waals surface area contributed by atoms with Crippen LogP contribution in [0.25, 0.3) is 0 Å². The third kappa shape index (κ3) is 4.46. The fourth-order valence-electron chi connectivity index (χ4n) is 1.97. The molecule has 0 bridgehead atoms. The van der Waals surface area contributed by atoms with Crippen LogP contribution in [0.5, 0.6) is 0 Å². The summed E-state index contributed by atoms with van der Waals surface area (Å²) in [6.07, 6.45) is 0. The lowest BCUT2D eigenvalue weighted by molar-refractivity contribution is 0.184. The van der Waals surface area contributed by atoms with Crippen LogP contribution in [0.2, 0.25) is 0 Å². The number of hydrogen-bond acceptors (Lipinski definition) is 2. The summed E-state index contributed by atoms with van der Waals surface area (Å²) in [7, 11) is 1.73. The van der Waals surface area contributed by atoms with Gasteiger partial charge in [-0.15, -0.1) is 0 Å². The third-order valence-electron chi connectivity index (χ3n) is 2.98. The topological polar surface area (TPSA) is 21.3 Å². The lowest BCUT2D eigenvalue weighted by Gasteiger charge is -2.10. The highest BCUT2D eigenvalue weighted by Crippen LogP contribution is 2.12. The summed E-state index contributed by atoms with van der Waals surface area (Å²) in [5, 5.41) is 3.47. The molecule has 0 spiro atoms. The predicted octanol–water partition coefficient (Wildman–Crippen LogP) is 3.89. The van der Waals surface area contributed by atoms with Crippen LogP contribution in [-0.4, -0.2) is 7.11 Å². The second kappa shape index (κ2) is 7.43. The van der Waals surface area contributed by atoms with Crippen LogP contribution in [0.15, 0.2) is 53.0 Å². The Morgan fingerprint density at radius 2 is 1.63 bits per heavy atom. The summed E-state index contributed by atoms with van der Waals surface area (Å²) in [6.45, 7) is 2.39. The largest absolute Gasteiger partial charge is 0.380 e. The van der Waals surface area contributed by atoms with Gasteiger partial charge in [-0.3, -0.25) is 0 Å². The molecule has 0 aromatic heterocycles. The number of nitrogens with one attached hydrogen (secondary N) is 1. The normalized spacial score (nSPS) is 10.6. The van der Waals surface area contributed by atoms with Crippen molar-refractivity contribution in [1.82, 2.24) is 5.32 Å². The Morgan fingerprint density at radius 1 is 0.947 bits per heavy atom. The summed E-state index contributed by atoms with van der Waals surface area (Å²) in [5.41, 5.74) is 3.82. The Hall–Kier alpha value is -1.16. The van der Waals surface area contributed by atoms with Gasteiger partial charge in [-0.25, -0.2) is 0 Å². The van der Waals surface area contributed by atoms with Gasteiger partial charge in [0.15, 0.2) is 0 Å². The molecule has 0 atom stereocenters. The lowest BCUT2D eigenvalue weighted by atomic mass is 10.1. The van der Waals surface area contributed by atoms with Gasteiger partial charge in [-0.1, -0.05) is 52.3 Å². The number of ether oxygens (including phenoxy) is 1. The minimum Gasteiger partial charge on any atom is -0.380 e. The number of rotatable bonds is 6. The zero-order valence-electron chi connectivity index (χ0n) is 11.0. The molecule has 0 fully saturated rings. The molecule has 2 nitrogen and oxygen atoms in total. The molecule has 0 aliphatic carbocycles. The molecule has 0 unspecified atom stereocenters. The molecule has 2 aromatic carbocycles. The molecule has 1 N–H and O–H groups in total. The molecule has 3 heteroatoms. The zero-order valence-corrected chi connectivity index (χ0v) is 12.6. The molecule has 19 heavy (non-hydrogen) atoms. The monoisotopic (exact) mass is 319 g/mol. The van der Waals surface area contributed by atoms with Crippen LogP contribution in [0.3, 0.4) is 0 Å². The van der Waals surface area contributed by atoms with Gasteiger partial charge in [-0.05, 0) is 28.8 Å². The van der Waals surface area contributed by atoms with Gasteiger partial charge in [-0.2, -0.15) is 0 Å². The van der Waals surface area contributed by atoms with Crippen molar-refractivity contribution in [3.05, 3.63) is 69.7 Å². The molecule has 0 aliphatic heterocycles. The first-order chi connectivity index (χ1) is 9.29. The minimum atomic E-state index is 0.663. The van der Waals surface area contributed by atoms with Crippen molar-refractivity contribution in [3.8, 4) is 0 Å². The van der Waals surface area contributed by atoms with E-state index < -0.39 is 0 Å². The maximum atomic E-state index is 5.21. The first-order valence-corrected chi connectivity index (χ1v) is 7.10. The standard InChI is InChI=1S/C16H18BrNO/c1-19-12-15-5-3-2-4-14(15)11-18-10-13-6-8-16(17)9-7-13/h2-9,18H,10-12H2,1H3. The van der Waals surface area contributed by atoms with E-state index in [-0.39, 0.29) is 0 Å². The molecule has 0 saturated carbocycles. The van der Waals surface area contributed by atoms with Crippen LogP contribution in [0.1, 0.15) is 16.7 Å². The third-order valence-corrected chi connectivity index (χ3v) is 3.50. The van der Waals surface area contributed by atoms with Crippen molar-refractivity contribution in [2.24, 2.45) is 0 Å². The second-order valence-corrected chi connectivity index (χ2v) is 5.35. The van der Waals surface area contributed by atoms with Gasteiger partial charge in [0.05, 0.1) is 6.61 Å². The predicted molar refractivity (Wildman–Crippen MR) is 81.8 cm³/mol. The van der Waals surface area contributed by atoms with Crippen LogP contribution in [0.4, 0.5) is 0 Å². The van der Waals surface area contributed by atoms with Crippen LogP contribution >= 0.6 is 15.9 Å². The van der Waals surface area contributed by atoms with E-state index in [1.807, 2.05) is 6.07 Å². The molecule has 2 aromatic rings. The van der Waals surface area contributed by atoms with Gasteiger partial charge in [0.2, 0.25) is 0 Å². The Morgan fingerprint density at radius 3 is 2.32 bits per heavy atom. The molecule has 0 heterocycles. The summed E-state index contributed by atoms with van der Waals surface area (Å²) < 4.78 is 6.33. The highest BCUT2D eigenvalue weighted by molar-refractivity contribution is 9.10. The average Bonchev–Trinajstić information content (AvgIpc) is 2.43. The first-order valence-electron chi connectivity index (χ1n) is 6.30. The summed E-state index contributed by atoms with van der Waals surface area (Å²) in [6, 6.07) is 16.7. The molecule has 100 valence electrons. The molecule has 0 aliphatic rings. The van der Waals surface area contributed by atoms with E-state index in [0.717, 1.165) is 17.6 Å². The summed E-state index contributed by atoms with van der Waals surface area (Å²) >= 11 is 3.44. The fraction of sp³-hybridized carbons (Fsp3) is 0.250. The number of benzene rings is 2. The maximum Gasteiger partial charge on any atom is 0.0716 e. The Balaban J connectivity index is 1.90. The van der Waals surface area contributed by atoms with Crippen LogP contribution in [-0.2, 0) is 24.4 Å². The van der Waals surface area contributed by atoms with Crippen molar-refractivity contribution >= 4 is 15.9 Å².